The third-order valence-corrected chi connectivity index (χ3v) is 3.04. The molecule has 4 nitrogen and oxygen atoms in total. The van der Waals surface area contributed by atoms with E-state index < -0.39 is 0 Å². The summed E-state index contributed by atoms with van der Waals surface area (Å²) in [5, 5.41) is 3.42. The van der Waals surface area contributed by atoms with Gasteiger partial charge in [0.2, 0.25) is 0 Å². The third kappa shape index (κ3) is 3.37. The molecule has 0 aliphatic heterocycles. The van der Waals surface area contributed by atoms with Crippen molar-refractivity contribution in [2.75, 3.05) is 27.9 Å². The Balaban J connectivity index is 3.14. The van der Waals surface area contributed by atoms with Crippen molar-refractivity contribution in [1.82, 2.24) is 5.32 Å². The molecule has 1 rings (SSSR count). The van der Waals surface area contributed by atoms with Gasteiger partial charge in [-0.1, -0.05) is 6.92 Å². The molecule has 0 heterocycles. The third-order valence-electron chi connectivity index (χ3n) is 3.04. The minimum Gasteiger partial charge on any atom is -0.497 e. The zero-order chi connectivity index (χ0) is 13.5. The maximum absolute atomic E-state index is 5.43. The summed E-state index contributed by atoms with van der Waals surface area (Å²) < 4.78 is 16.1. The number of hydrogen-bond donors (Lipinski definition) is 1. The van der Waals surface area contributed by atoms with E-state index in [1.807, 2.05) is 25.1 Å². The number of ether oxygens (including phenoxy) is 3. The summed E-state index contributed by atoms with van der Waals surface area (Å²) in [5.41, 5.74) is 1.05. The maximum atomic E-state index is 5.43. The van der Waals surface area contributed by atoms with E-state index in [0.717, 1.165) is 23.6 Å². The second-order valence-corrected chi connectivity index (χ2v) is 4.08. The fourth-order valence-corrected chi connectivity index (χ4v) is 1.97. The lowest BCUT2D eigenvalue weighted by molar-refractivity contribution is 0.0826. The van der Waals surface area contributed by atoms with Gasteiger partial charge in [-0.15, -0.1) is 0 Å². The van der Waals surface area contributed by atoms with Crippen LogP contribution in [0, 0.1) is 0 Å². The minimum absolute atomic E-state index is 0.0472. The van der Waals surface area contributed by atoms with Gasteiger partial charge in [-0.2, -0.15) is 0 Å². The van der Waals surface area contributed by atoms with Crippen LogP contribution in [0.15, 0.2) is 18.2 Å². The first-order valence-electron chi connectivity index (χ1n) is 6.16. The van der Waals surface area contributed by atoms with E-state index in [1.54, 1.807) is 21.3 Å². The van der Waals surface area contributed by atoms with Crippen LogP contribution in [0.2, 0.25) is 0 Å². The predicted octanol–water partition coefficient (Wildman–Crippen LogP) is 2.39. The van der Waals surface area contributed by atoms with Gasteiger partial charge in [0.25, 0.3) is 0 Å². The molecule has 0 spiro atoms. The summed E-state index contributed by atoms with van der Waals surface area (Å²) in [4.78, 5) is 0. The van der Waals surface area contributed by atoms with Gasteiger partial charge in [-0.3, -0.25) is 0 Å². The summed E-state index contributed by atoms with van der Waals surface area (Å²) in [5.74, 6) is 1.66. The zero-order valence-corrected chi connectivity index (χ0v) is 11.8. The second kappa shape index (κ2) is 7.24. The second-order valence-electron chi connectivity index (χ2n) is 4.08. The van der Waals surface area contributed by atoms with E-state index in [2.05, 4.69) is 12.2 Å². The first kappa shape index (κ1) is 14.8. The standard InChI is InChI=1S/C14H23NO3/c1-6-15-14(10(2)16-3)12-9-11(17-4)7-8-13(12)18-5/h7-10,14-15H,6H2,1-5H3. The molecule has 0 aliphatic rings. The van der Waals surface area contributed by atoms with Gasteiger partial charge in [-0.05, 0) is 31.7 Å². The predicted molar refractivity (Wildman–Crippen MR) is 72.4 cm³/mol. The van der Waals surface area contributed by atoms with E-state index in [0.29, 0.717) is 0 Å². The minimum atomic E-state index is 0.0472. The number of methoxy groups -OCH3 is 3. The van der Waals surface area contributed by atoms with E-state index >= 15 is 0 Å². The molecule has 2 atom stereocenters. The van der Waals surface area contributed by atoms with Gasteiger partial charge in [0.15, 0.2) is 0 Å². The van der Waals surface area contributed by atoms with Gasteiger partial charge < -0.3 is 19.5 Å². The fourth-order valence-electron chi connectivity index (χ4n) is 1.97. The lowest BCUT2D eigenvalue weighted by Crippen LogP contribution is -2.31. The van der Waals surface area contributed by atoms with E-state index in [4.69, 9.17) is 14.2 Å². The average molecular weight is 253 g/mol. The molecule has 0 aliphatic carbocycles. The number of rotatable bonds is 7. The van der Waals surface area contributed by atoms with E-state index in [-0.39, 0.29) is 12.1 Å². The van der Waals surface area contributed by atoms with Crippen molar-refractivity contribution in [1.29, 1.82) is 0 Å². The number of nitrogens with one attached hydrogen (secondary N) is 1. The highest BCUT2D eigenvalue weighted by atomic mass is 16.5. The Bertz CT molecular complexity index is 368. The average Bonchev–Trinajstić information content (AvgIpc) is 2.43. The van der Waals surface area contributed by atoms with Crippen molar-refractivity contribution in [2.24, 2.45) is 0 Å². The van der Waals surface area contributed by atoms with Crippen LogP contribution in [0.4, 0.5) is 0 Å². The van der Waals surface area contributed by atoms with Crippen LogP contribution >= 0.6 is 0 Å². The van der Waals surface area contributed by atoms with Crippen LogP contribution in [0.3, 0.4) is 0 Å². The molecule has 1 N–H and O–H groups in total. The number of hydrogen-bond acceptors (Lipinski definition) is 4. The lowest BCUT2D eigenvalue weighted by atomic mass is 10.0. The molecule has 0 amide bonds. The summed E-state index contributed by atoms with van der Waals surface area (Å²) >= 11 is 0. The monoisotopic (exact) mass is 253 g/mol. The molecular weight excluding hydrogens is 230 g/mol. The van der Waals surface area contributed by atoms with Crippen LogP contribution < -0.4 is 14.8 Å². The van der Waals surface area contributed by atoms with Gasteiger partial charge in [0.05, 0.1) is 26.4 Å². The quantitative estimate of drug-likeness (QED) is 0.810. The normalized spacial score (nSPS) is 14.1. The molecule has 1 aromatic carbocycles. The smallest absolute Gasteiger partial charge is 0.124 e. The highest BCUT2D eigenvalue weighted by Crippen LogP contribution is 2.31. The molecule has 2 unspecified atom stereocenters. The molecular formula is C14H23NO3. The fraction of sp³-hybridized carbons (Fsp3) is 0.571. The van der Waals surface area contributed by atoms with Gasteiger partial charge in [0.1, 0.15) is 11.5 Å². The van der Waals surface area contributed by atoms with Crippen molar-refractivity contribution in [3.05, 3.63) is 23.8 Å². The topological polar surface area (TPSA) is 39.7 Å². The highest BCUT2D eigenvalue weighted by molar-refractivity contribution is 5.42. The number of benzene rings is 1. The molecule has 0 radical (unpaired) electrons. The van der Waals surface area contributed by atoms with Gasteiger partial charge in [0, 0.05) is 12.7 Å². The SMILES string of the molecule is CCNC(c1cc(OC)ccc1OC)C(C)OC. The van der Waals surface area contributed by atoms with Crippen molar-refractivity contribution >= 4 is 0 Å². The molecule has 0 saturated carbocycles. The lowest BCUT2D eigenvalue weighted by Gasteiger charge is -2.26. The molecule has 102 valence electrons. The Kier molecular flexibility index (Phi) is 5.95. The molecule has 0 fully saturated rings. The Morgan fingerprint density at radius 1 is 1.17 bits per heavy atom. The van der Waals surface area contributed by atoms with Crippen molar-refractivity contribution < 1.29 is 14.2 Å². The first-order valence-corrected chi connectivity index (χ1v) is 6.16. The van der Waals surface area contributed by atoms with Crippen LogP contribution in [0.25, 0.3) is 0 Å². The molecule has 0 aromatic heterocycles. The van der Waals surface area contributed by atoms with Gasteiger partial charge >= 0.3 is 0 Å². The molecule has 18 heavy (non-hydrogen) atoms. The summed E-state index contributed by atoms with van der Waals surface area (Å²) in [6.45, 7) is 4.97. The van der Waals surface area contributed by atoms with Crippen LogP contribution in [0.1, 0.15) is 25.5 Å². The summed E-state index contributed by atoms with van der Waals surface area (Å²) in [6.07, 6.45) is 0.0472. The van der Waals surface area contributed by atoms with Crippen LogP contribution in [0.5, 0.6) is 11.5 Å². The van der Waals surface area contributed by atoms with Crippen molar-refractivity contribution in [3.63, 3.8) is 0 Å². The van der Waals surface area contributed by atoms with Gasteiger partial charge in [-0.25, -0.2) is 0 Å². The highest BCUT2D eigenvalue weighted by Gasteiger charge is 2.22. The van der Waals surface area contributed by atoms with Crippen LogP contribution in [-0.4, -0.2) is 34.0 Å². The maximum Gasteiger partial charge on any atom is 0.124 e. The van der Waals surface area contributed by atoms with Crippen molar-refractivity contribution in [3.8, 4) is 11.5 Å². The first-order chi connectivity index (χ1) is 8.67. The van der Waals surface area contributed by atoms with E-state index in [1.165, 1.54) is 0 Å². The van der Waals surface area contributed by atoms with Crippen molar-refractivity contribution in [2.45, 2.75) is 26.0 Å². The zero-order valence-electron chi connectivity index (χ0n) is 11.8. The largest absolute Gasteiger partial charge is 0.497 e. The van der Waals surface area contributed by atoms with E-state index in [9.17, 15) is 0 Å². The summed E-state index contributed by atoms with van der Waals surface area (Å²) in [6, 6.07) is 5.87. The Morgan fingerprint density at radius 3 is 2.39 bits per heavy atom. The number of likely N-dealkylation sites (N-methyl/N-ethyl adjacent to an activating group) is 1. The Hall–Kier alpha value is -1.26. The Labute approximate surface area is 109 Å². The summed E-state index contributed by atoms with van der Waals surface area (Å²) in [7, 11) is 5.04. The molecule has 1 aromatic rings. The molecule has 0 saturated heterocycles. The Morgan fingerprint density at radius 2 is 1.89 bits per heavy atom. The molecule has 0 bridgehead atoms. The molecule has 4 heteroatoms. The van der Waals surface area contributed by atoms with Crippen LogP contribution in [-0.2, 0) is 4.74 Å².